The van der Waals surface area contributed by atoms with Gasteiger partial charge in [0.1, 0.15) is 0 Å². The molecule has 0 fully saturated rings. The highest BCUT2D eigenvalue weighted by Crippen LogP contribution is 2.29. The topological polar surface area (TPSA) is 58.2 Å². The van der Waals surface area contributed by atoms with E-state index < -0.39 is 5.54 Å². The lowest BCUT2D eigenvalue weighted by Gasteiger charge is -2.32. The molecule has 2 N–H and O–H groups in total. The Morgan fingerprint density at radius 2 is 1.34 bits per heavy atom. The molecule has 0 saturated carbocycles. The molecular formula is C24H23ClN2O2. The van der Waals surface area contributed by atoms with E-state index >= 15 is 0 Å². The highest BCUT2D eigenvalue weighted by atomic mass is 35.5. The van der Waals surface area contributed by atoms with Crippen LogP contribution in [-0.2, 0) is 10.3 Å². The minimum atomic E-state index is -0.667. The van der Waals surface area contributed by atoms with Gasteiger partial charge in [-0.25, -0.2) is 0 Å². The van der Waals surface area contributed by atoms with E-state index in [9.17, 15) is 9.59 Å². The summed E-state index contributed by atoms with van der Waals surface area (Å²) in [5, 5.41) is 6.48. The molecule has 3 aromatic carbocycles. The maximum absolute atomic E-state index is 12.7. The molecule has 5 heteroatoms. The highest BCUT2D eigenvalue weighted by Gasteiger charge is 2.30. The third-order valence-corrected chi connectivity index (χ3v) is 5.09. The van der Waals surface area contributed by atoms with Gasteiger partial charge in [0.05, 0.1) is 5.54 Å². The molecule has 2 amide bonds. The fraction of sp³-hybridized carbons (Fsp3) is 0.167. The van der Waals surface area contributed by atoms with Crippen LogP contribution in [0.5, 0.6) is 0 Å². The van der Waals surface area contributed by atoms with E-state index in [0.717, 1.165) is 11.1 Å². The molecule has 0 aliphatic heterocycles. The summed E-state index contributed by atoms with van der Waals surface area (Å²) in [6.45, 7) is 2.23. The molecule has 0 aromatic heterocycles. The Morgan fingerprint density at radius 1 is 0.828 bits per heavy atom. The van der Waals surface area contributed by atoms with Gasteiger partial charge in [-0.15, -0.1) is 0 Å². The number of amides is 2. The Labute approximate surface area is 175 Å². The SMILES string of the molecule is CC(NC(=O)CCNC(=O)c1ccc(Cl)cc1)(c1ccccc1)c1ccccc1. The summed E-state index contributed by atoms with van der Waals surface area (Å²) < 4.78 is 0. The predicted molar refractivity (Wildman–Crippen MR) is 116 cm³/mol. The summed E-state index contributed by atoms with van der Waals surface area (Å²) in [5.41, 5.74) is 1.82. The molecule has 0 unspecified atom stereocenters. The second-order valence-electron chi connectivity index (χ2n) is 6.92. The summed E-state index contributed by atoms with van der Waals surface area (Å²) in [4.78, 5) is 24.9. The summed E-state index contributed by atoms with van der Waals surface area (Å²) >= 11 is 5.84. The molecule has 148 valence electrons. The van der Waals surface area contributed by atoms with Crippen molar-refractivity contribution in [2.75, 3.05) is 6.54 Å². The van der Waals surface area contributed by atoms with Crippen LogP contribution in [-0.4, -0.2) is 18.4 Å². The first-order valence-electron chi connectivity index (χ1n) is 9.45. The lowest BCUT2D eigenvalue weighted by molar-refractivity contribution is -0.122. The zero-order chi connectivity index (χ0) is 20.7. The number of carbonyl (C=O) groups excluding carboxylic acids is 2. The van der Waals surface area contributed by atoms with Crippen molar-refractivity contribution in [1.82, 2.24) is 10.6 Å². The second kappa shape index (κ2) is 9.39. The molecule has 0 aliphatic rings. The van der Waals surface area contributed by atoms with Gasteiger partial charge in [-0.2, -0.15) is 0 Å². The van der Waals surface area contributed by atoms with E-state index in [4.69, 9.17) is 11.6 Å². The van der Waals surface area contributed by atoms with Gasteiger partial charge in [0, 0.05) is 23.6 Å². The van der Waals surface area contributed by atoms with Gasteiger partial charge in [-0.05, 0) is 42.3 Å². The van der Waals surface area contributed by atoms with Crippen LogP contribution < -0.4 is 10.6 Å². The molecule has 0 heterocycles. The van der Waals surface area contributed by atoms with Crippen molar-refractivity contribution in [1.29, 1.82) is 0 Å². The minimum absolute atomic E-state index is 0.142. The van der Waals surface area contributed by atoms with Gasteiger partial charge >= 0.3 is 0 Å². The zero-order valence-corrected chi connectivity index (χ0v) is 16.9. The Bertz CT molecular complexity index is 918. The van der Waals surface area contributed by atoms with Crippen LogP contribution in [0, 0.1) is 0 Å². The maximum Gasteiger partial charge on any atom is 0.251 e. The molecule has 0 spiro atoms. The first-order valence-corrected chi connectivity index (χ1v) is 9.83. The molecule has 4 nitrogen and oxygen atoms in total. The predicted octanol–water partition coefficient (Wildman–Crippen LogP) is 4.54. The van der Waals surface area contributed by atoms with Gasteiger partial charge in [-0.1, -0.05) is 72.3 Å². The molecule has 3 aromatic rings. The summed E-state index contributed by atoms with van der Waals surface area (Å²) in [5.74, 6) is -0.375. The van der Waals surface area contributed by atoms with E-state index in [0.29, 0.717) is 10.6 Å². The first kappa shape index (κ1) is 20.6. The number of rotatable bonds is 7. The normalized spacial score (nSPS) is 11.0. The smallest absolute Gasteiger partial charge is 0.251 e. The average molecular weight is 407 g/mol. The zero-order valence-electron chi connectivity index (χ0n) is 16.2. The fourth-order valence-corrected chi connectivity index (χ4v) is 3.31. The number of halogens is 1. The van der Waals surface area contributed by atoms with Gasteiger partial charge in [0.25, 0.3) is 5.91 Å². The number of hydrogen-bond acceptors (Lipinski definition) is 2. The van der Waals surface area contributed by atoms with Crippen LogP contribution in [0.25, 0.3) is 0 Å². The van der Waals surface area contributed by atoms with Gasteiger partial charge in [0.2, 0.25) is 5.91 Å². The fourth-order valence-electron chi connectivity index (χ4n) is 3.19. The Hall–Kier alpha value is -3.11. The molecular weight excluding hydrogens is 384 g/mol. The second-order valence-corrected chi connectivity index (χ2v) is 7.35. The largest absolute Gasteiger partial charge is 0.352 e. The van der Waals surface area contributed by atoms with E-state index in [2.05, 4.69) is 10.6 Å². The van der Waals surface area contributed by atoms with Crippen LogP contribution in [0.1, 0.15) is 34.8 Å². The highest BCUT2D eigenvalue weighted by molar-refractivity contribution is 6.30. The Morgan fingerprint density at radius 3 is 1.86 bits per heavy atom. The molecule has 3 rings (SSSR count). The van der Waals surface area contributed by atoms with Gasteiger partial charge < -0.3 is 10.6 Å². The van der Waals surface area contributed by atoms with Crippen molar-refractivity contribution in [3.05, 3.63) is 107 Å². The average Bonchev–Trinajstić information content (AvgIpc) is 2.75. The third kappa shape index (κ3) is 5.24. The summed E-state index contributed by atoms with van der Waals surface area (Å²) in [6.07, 6.45) is 0.175. The van der Waals surface area contributed by atoms with Crippen molar-refractivity contribution >= 4 is 23.4 Å². The van der Waals surface area contributed by atoms with E-state index in [1.54, 1.807) is 24.3 Å². The van der Waals surface area contributed by atoms with Gasteiger partial charge in [-0.3, -0.25) is 9.59 Å². The summed E-state index contributed by atoms with van der Waals surface area (Å²) in [7, 11) is 0. The van der Waals surface area contributed by atoms with Crippen molar-refractivity contribution in [3.8, 4) is 0 Å². The molecule has 0 atom stereocenters. The lowest BCUT2D eigenvalue weighted by atomic mass is 9.84. The van der Waals surface area contributed by atoms with Crippen LogP contribution in [0.3, 0.4) is 0 Å². The van der Waals surface area contributed by atoms with Crippen molar-refractivity contribution < 1.29 is 9.59 Å². The molecule has 0 saturated heterocycles. The standard InChI is InChI=1S/C24H23ClN2O2/c1-24(19-8-4-2-5-9-19,20-10-6-3-7-11-20)27-22(28)16-17-26-23(29)18-12-14-21(25)15-13-18/h2-15H,16-17H2,1H3,(H,26,29)(H,27,28). The number of benzene rings is 3. The number of hydrogen-bond donors (Lipinski definition) is 2. The van der Waals surface area contributed by atoms with E-state index in [1.807, 2.05) is 67.6 Å². The van der Waals surface area contributed by atoms with Crippen LogP contribution in [0.15, 0.2) is 84.9 Å². The quantitative estimate of drug-likeness (QED) is 0.605. The van der Waals surface area contributed by atoms with Crippen LogP contribution in [0.4, 0.5) is 0 Å². The van der Waals surface area contributed by atoms with Gasteiger partial charge in [0.15, 0.2) is 0 Å². The van der Waals surface area contributed by atoms with E-state index in [-0.39, 0.29) is 24.8 Å². The Balaban J connectivity index is 1.65. The molecule has 0 bridgehead atoms. The first-order chi connectivity index (χ1) is 14.0. The monoisotopic (exact) mass is 406 g/mol. The summed E-state index contributed by atoms with van der Waals surface area (Å²) in [6, 6.07) is 26.3. The van der Waals surface area contributed by atoms with E-state index in [1.165, 1.54) is 0 Å². The number of nitrogens with one attached hydrogen (secondary N) is 2. The minimum Gasteiger partial charge on any atom is -0.352 e. The van der Waals surface area contributed by atoms with Crippen molar-refractivity contribution in [3.63, 3.8) is 0 Å². The van der Waals surface area contributed by atoms with Crippen LogP contribution in [0.2, 0.25) is 5.02 Å². The van der Waals surface area contributed by atoms with Crippen LogP contribution >= 0.6 is 11.6 Å². The Kier molecular flexibility index (Phi) is 6.68. The maximum atomic E-state index is 12.7. The molecule has 29 heavy (non-hydrogen) atoms. The number of carbonyl (C=O) groups is 2. The van der Waals surface area contributed by atoms with Crippen molar-refractivity contribution in [2.45, 2.75) is 18.9 Å². The lowest BCUT2D eigenvalue weighted by Crippen LogP contribution is -2.45. The molecule has 0 aliphatic carbocycles. The molecule has 0 radical (unpaired) electrons. The third-order valence-electron chi connectivity index (χ3n) is 4.84. The van der Waals surface area contributed by atoms with Crippen molar-refractivity contribution in [2.24, 2.45) is 0 Å².